The van der Waals surface area contributed by atoms with Crippen molar-refractivity contribution in [3.05, 3.63) is 131 Å². The lowest BCUT2D eigenvalue weighted by Gasteiger charge is -2.30. The van der Waals surface area contributed by atoms with E-state index in [1.807, 2.05) is 84.2 Å². The molecule has 5 aromatic rings. The van der Waals surface area contributed by atoms with Crippen molar-refractivity contribution in [1.82, 2.24) is 9.62 Å². The summed E-state index contributed by atoms with van der Waals surface area (Å²) >= 11 is 1.60. The molecule has 2 atom stereocenters. The number of nitrogens with zero attached hydrogens (tertiary/aromatic N) is 1. The third kappa shape index (κ3) is 7.06. The SMILES string of the molecule is COc1cccc(S(=O)(=O)N(Cc2ccccc2)C[C@@H](O)[C@H](Cc2ccccc2)NC(=O)c2ccc3sccc3c2)c1. The molecule has 0 saturated carbocycles. The molecule has 2 N–H and O–H groups in total. The molecule has 1 aromatic heterocycles. The summed E-state index contributed by atoms with van der Waals surface area (Å²) in [6.45, 7) is -0.200. The van der Waals surface area contributed by atoms with Crippen molar-refractivity contribution >= 4 is 37.4 Å². The lowest BCUT2D eigenvalue weighted by atomic mass is 10.00. The monoisotopic (exact) mass is 600 g/mol. The smallest absolute Gasteiger partial charge is 0.251 e. The van der Waals surface area contributed by atoms with Gasteiger partial charge in [0, 0.05) is 29.4 Å². The van der Waals surface area contributed by atoms with Gasteiger partial charge in [-0.2, -0.15) is 4.31 Å². The second-order valence-electron chi connectivity index (χ2n) is 9.97. The van der Waals surface area contributed by atoms with Gasteiger partial charge in [0.25, 0.3) is 5.91 Å². The Bertz CT molecular complexity index is 1740. The minimum Gasteiger partial charge on any atom is -0.497 e. The molecule has 216 valence electrons. The van der Waals surface area contributed by atoms with Gasteiger partial charge < -0.3 is 15.2 Å². The summed E-state index contributed by atoms with van der Waals surface area (Å²) in [5, 5.41) is 17.5. The van der Waals surface area contributed by atoms with E-state index in [-0.39, 0.29) is 23.9 Å². The number of thiophene rings is 1. The van der Waals surface area contributed by atoms with Crippen molar-refractivity contribution in [1.29, 1.82) is 0 Å². The maximum atomic E-state index is 13.9. The van der Waals surface area contributed by atoms with Crippen LogP contribution in [0.25, 0.3) is 10.1 Å². The number of rotatable bonds is 12. The number of nitrogens with one attached hydrogen (secondary N) is 1. The van der Waals surface area contributed by atoms with E-state index in [0.29, 0.717) is 17.7 Å². The Morgan fingerprint density at radius 3 is 2.33 bits per heavy atom. The Kier molecular flexibility index (Phi) is 9.34. The Labute approximate surface area is 250 Å². The van der Waals surface area contributed by atoms with E-state index in [1.54, 1.807) is 29.5 Å². The van der Waals surface area contributed by atoms with E-state index in [1.165, 1.54) is 23.5 Å². The molecule has 5 rings (SSSR count). The topological polar surface area (TPSA) is 95.9 Å². The zero-order valence-electron chi connectivity index (χ0n) is 23.1. The predicted octanol–water partition coefficient (Wildman–Crippen LogP) is 5.50. The molecule has 0 radical (unpaired) electrons. The van der Waals surface area contributed by atoms with E-state index in [0.717, 1.165) is 21.2 Å². The second kappa shape index (κ2) is 13.3. The van der Waals surface area contributed by atoms with Gasteiger partial charge in [0.2, 0.25) is 10.0 Å². The zero-order chi connectivity index (χ0) is 29.5. The molecule has 4 aromatic carbocycles. The Morgan fingerprint density at radius 1 is 0.905 bits per heavy atom. The van der Waals surface area contributed by atoms with E-state index in [4.69, 9.17) is 4.74 Å². The fraction of sp³-hybridized carbons (Fsp3) is 0.182. The largest absolute Gasteiger partial charge is 0.497 e. The maximum absolute atomic E-state index is 13.9. The molecular weight excluding hydrogens is 569 g/mol. The molecule has 0 unspecified atom stereocenters. The number of carbonyl (C=O) groups excluding carboxylic acids is 1. The molecule has 1 heterocycles. The van der Waals surface area contributed by atoms with E-state index in [9.17, 15) is 18.3 Å². The number of amides is 1. The zero-order valence-corrected chi connectivity index (χ0v) is 24.7. The van der Waals surface area contributed by atoms with Gasteiger partial charge in [-0.3, -0.25) is 4.79 Å². The highest BCUT2D eigenvalue weighted by molar-refractivity contribution is 7.89. The van der Waals surface area contributed by atoms with Crippen molar-refractivity contribution in [3.63, 3.8) is 0 Å². The van der Waals surface area contributed by atoms with Gasteiger partial charge in [0.05, 0.1) is 24.2 Å². The summed E-state index contributed by atoms with van der Waals surface area (Å²) in [4.78, 5) is 13.5. The van der Waals surface area contributed by atoms with Gasteiger partial charge in [-0.05, 0) is 64.7 Å². The van der Waals surface area contributed by atoms with Crippen LogP contribution in [-0.4, -0.2) is 49.5 Å². The predicted molar refractivity (Wildman–Crippen MR) is 166 cm³/mol. The van der Waals surface area contributed by atoms with E-state index >= 15 is 0 Å². The standard InChI is InChI=1S/C33H32N2O5S2/c1-40-28-13-8-14-29(21-28)42(38,39)35(22-25-11-6-3-7-12-25)23-31(36)30(19-24-9-4-2-5-10-24)34-33(37)27-15-16-32-26(20-27)17-18-41-32/h2-18,20-21,30-31,36H,19,22-23H2,1H3,(H,34,37)/t30-,31+/m0/s1. The summed E-state index contributed by atoms with van der Waals surface area (Å²) < 4.78 is 35.5. The third-order valence-corrected chi connectivity index (χ3v) is 9.77. The Hall–Kier alpha value is -4.02. The molecule has 0 saturated heterocycles. The Balaban J connectivity index is 1.45. The number of sulfonamides is 1. The number of methoxy groups -OCH3 is 1. The molecule has 1 amide bonds. The van der Waals surface area contributed by atoms with Gasteiger partial charge >= 0.3 is 0 Å². The number of benzene rings is 4. The molecule has 7 nitrogen and oxygen atoms in total. The lowest BCUT2D eigenvalue weighted by Crippen LogP contribution is -2.50. The van der Waals surface area contributed by atoms with Crippen molar-refractivity contribution in [2.24, 2.45) is 0 Å². The van der Waals surface area contributed by atoms with Crippen molar-refractivity contribution in [3.8, 4) is 5.75 Å². The molecule has 0 aliphatic rings. The fourth-order valence-electron chi connectivity index (χ4n) is 4.79. The molecular formula is C33H32N2O5S2. The van der Waals surface area contributed by atoms with Crippen LogP contribution < -0.4 is 10.1 Å². The first-order valence-corrected chi connectivity index (χ1v) is 15.8. The quantitative estimate of drug-likeness (QED) is 0.197. The molecule has 42 heavy (non-hydrogen) atoms. The minimum atomic E-state index is -4.05. The summed E-state index contributed by atoms with van der Waals surface area (Å²) in [7, 11) is -2.57. The third-order valence-electron chi connectivity index (χ3n) is 7.07. The number of aliphatic hydroxyl groups is 1. The summed E-state index contributed by atoms with van der Waals surface area (Å²) in [6.07, 6.45) is -0.907. The first kappa shape index (κ1) is 29.5. The van der Waals surface area contributed by atoms with Crippen LogP contribution in [-0.2, 0) is 23.0 Å². The second-order valence-corrected chi connectivity index (χ2v) is 12.9. The van der Waals surface area contributed by atoms with Crippen molar-refractivity contribution in [2.75, 3.05) is 13.7 Å². The number of hydrogen-bond donors (Lipinski definition) is 2. The van der Waals surface area contributed by atoms with Crippen LogP contribution in [0.1, 0.15) is 21.5 Å². The highest BCUT2D eigenvalue weighted by Gasteiger charge is 2.31. The molecule has 0 aliphatic carbocycles. The molecule has 0 spiro atoms. The minimum absolute atomic E-state index is 0.0400. The van der Waals surface area contributed by atoms with E-state index < -0.39 is 22.2 Å². The first-order valence-electron chi connectivity index (χ1n) is 13.5. The lowest BCUT2D eigenvalue weighted by molar-refractivity contribution is 0.0779. The number of aliphatic hydroxyl groups excluding tert-OH is 1. The normalized spacial score (nSPS) is 13.1. The van der Waals surface area contributed by atoms with Crippen LogP contribution in [0.2, 0.25) is 0 Å². The molecule has 9 heteroatoms. The molecule has 0 aliphatic heterocycles. The van der Waals surface area contributed by atoms with Crippen LogP contribution in [0.15, 0.2) is 119 Å². The number of carbonyl (C=O) groups is 1. The first-order chi connectivity index (χ1) is 20.3. The van der Waals surface area contributed by atoms with Crippen LogP contribution in [0.3, 0.4) is 0 Å². The Morgan fingerprint density at radius 2 is 1.62 bits per heavy atom. The fourth-order valence-corrected chi connectivity index (χ4v) is 7.04. The number of ether oxygens (including phenoxy) is 1. The van der Waals surface area contributed by atoms with Crippen LogP contribution in [0.4, 0.5) is 0 Å². The summed E-state index contributed by atoms with van der Waals surface area (Å²) in [5.74, 6) is 0.0708. The van der Waals surface area contributed by atoms with Gasteiger partial charge in [0.15, 0.2) is 0 Å². The van der Waals surface area contributed by atoms with Gasteiger partial charge in [-0.1, -0.05) is 66.7 Å². The van der Waals surface area contributed by atoms with Crippen molar-refractivity contribution < 1.29 is 23.1 Å². The highest BCUT2D eigenvalue weighted by atomic mass is 32.2. The van der Waals surface area contributed by atoms with Crippen LogP contribution >= 0.6 is 11.3 Å². The van der Waals surface area contributed by atoms with E-state index in [2.05, 4.69) is 5.32 Å². The van der Waals surface area contributed by atoms with Crippen LogP contribution in [0.5, 0.6) is 5.75 Å². The summed E-state index contributed by atoms with van der Waals surface area (Å²) in [6, 6.07) is 31.6. The number of hydrogen-bond acceptors (Lipinski definition) is 6. The highest BCUT2D eigenvalue weighted by Crippen LogP contribution is 2.25. The maximum Gasteiger partial charge on any atom is 0.251 e. The molecule has 0 fully saturated rings. The number of fused-ring (bicyclic) bond motifs is 1. The van der Waals surface area contributed by atoms with Gasteiger partial charge in [0.1, 0.15) is 5.75 Å². The average molecular weight is 601 g/mol. The molecule has 0 bridgehead atoms. The van der Waals surface area contributed by atoms with Crippen molar-refractivity contribution in [2.45, 2.75) is 30.0 Å². The van der Waals surface area contributed by atoms with Gasteiger partial charge in [-0.15, -0.1) is 11.3 Å². The van der Waals surface area contributed by atoms with Gasteiger partial charge in [-0.25, -0.2) is 8.42 Å². The summed E-state index contributed by atoms with van der Waals surface area (Å²) in [5.41, 5.74) is 2.14. The average Bonchev–Trinajstić information content (AvgIpc) is 3.49. The van der Waals surface area contributed by atoms with Crippen LogP contribution in [0, 0.1) is 0 Å².